The molecule has 0 fully saturated rings. The first-order valence-corrected chi connectivity index (χ1v) is 9.01. The number of nitrogens with one attached hydrogen (secondary N) is 1. The van der Waals surface area contributed by atoms with E-state index < -0.39 is 15.7 Å². The third-order valence-electron chi connectivity index (χ3n) is 4.06. The molecule has 0 bridgehead atoms. The average Bonchev–Trinajstić information content (AvgIpc) is 2.56. The lowest BCUT2D eigenvalue weighted by Crippen LogP contribution is -2.36. The van der Waals surface area contributed by atoms with E-state index in [1.807, 2.05) is 50.3 Å². The van der Waals surface area contributed by atoms with Crippen LogP contribution in [0.5, 0.6) is 0 Å². The molecule has 0 aliphatic carbocycles. The Bertz CT molecular complexity index is 662. The summed E-state index contributed by atoms with van der Waals surface area (Å²) in [6.07, 6.45) is 2.60. The zero-order chi connectivity index (χ0) is 16.9. The summed E-state index contributed by atoms with van der Waals surface area (Å²) in [6, 6.07) is 18.3. The van der Waals surface area contributed by atoms with Crippen LogP contribution >= 0.6 is 0 Å². The van der Waals surface area contributed by atoms with Gasteiger partial charge in [-0.2, -0.15) is 0 Å². The normalized spacial score (nSPS) is 14.2. The van der Waals surface area contributed by atoms with Gasteiger partial charge in [0.15, 0.2) is 0 Å². The number of aryl methyl sites for hydroxylation is 1. The molecule has 0 aromatic heterocycles. The highest BCUT2D eigenvalue weighted by atomic mass is 32.2. The van der Waals surface area contributed by atoms with Gasteiger partial charge in [-0.15, -0.1) is 6.58 Å². The standard InChI is InChI=1S/C20H25NOS/c1-5-9-19(17-14-12-16(2)13-15-17)21-23(22)20(3,4)18-10-7-6-8-11-18/h5-8,10-15,19,21H,1,9H2,2-4H3. The van der Waals surface area contributed by atoms with Gasteiger partial charge in [-0.25, -0.2) is 8.93 Å². The maximum atomic E-state index is 13.0. The molecule has 0 heterocycles. The van der Waals surface area contributed by atoms with Crippen LogP contribution in [0, 0.1) is 6.92 Å². The van der Waals surface area contributed by atoms with Gasteiger partial charge in [0.05, 0.1) is 4.75 Å². The predicted octanol–water partition coefficient (Wildman–Crippen LogP) is 4.80. The van der Waals surface area contributed by atoms with Gasteiger partial charge < -0.3 is 0 Å². The fourth-order valence-electron chi connectivity index (χ4n) is 2.44. The smallest absolute Gasteiger partial charge is 0.102 e. The third-order valence-corrected chi connectivity index (χ3v) is 5.73. The highest BCUT2D eigenvalue weighted by Crippen LogP contribution is 2.28. The Morgan fingerprint density at radius 1 is 1.13 bits per heavy atom. The van der Waals surface area contributed by atoms with E-state index in [1.165, 1.54) is 5.56 Å². The van der Waals surface area contributed by atoms with E-state index in [2.05, 4.69) is 42.5 Å². The van der Waals surface area contributed by atoms with E-state index in [-0.39, 0.29) is 6.04 Å². The predicted molar refractivity (Wildman–Crippen MR) is 99.5 cm³/mol. The summed E-state index contributed by atoms with van der Waals surface area (Å²) in [5, 5.41) is 0. The lowest BCUT2D eigenvalue weighted by molar-refractivity contribution is 0.596. The zero-order valence-corrected chi connectivity index (χ0v) is 14.9. The van der Waals surface area contributed by atoms with Crippen molar-refractivity contribution in [1.82, 2.24) is 4.72 Å². The molecule has 2 nitrogen and oxygen atoms in total. The lowest BCUT2D eigenvalue weighted by Gasteiger charge is -2.28. The number of benzene rings is 2. The van der Waals surface area contributed by atoms with Crippen LogP contribution in [0.3, 0.4) is 0 Å². The van der Waals surface area contributed by atoms with Gasteiger partial charge in [0.2, 0.25) is 0 Å². The second kappa shape index (κ2) is 7.71. The lowest BCUT2D eigenvalue weighted by atomic mass is 10.0. The molecule has 2 atom stereocenters. The quantitative estimate of drug-likeness (QED) is 0.727. The Kier molecular flexibility index (Phi) is 5.91. The van der Waals surface area contributed by atoms with Gasteiger partial charge in [0, 0.05) is 6.04 Å². The Balaban J connectivity index is 2.20. The minimum absolute atomic E-state index is 0.00285. The molecule has 2 unspecified atom stereocenters. The molecule has 0 saturated carbocycles. The average molecular weight is 327 g/mol. The molecule has 2 rings (SSSR count). The topological polar surface area (TPSA) is 29.1 Å². The molecule has 0 spiro atoms. The summed E-state index contributed by atoms with van der Waals surface area (Å²) in [4.78, 5) is 0. The molecule has 0 aliphatic rings. The first-order valence-electron chi connectivity index (χ1n) is 7.86. The van der Waals surface area contributed by atoms with Crippen LogP contribution in [-0.2, 0) is 15.7 Å². The monoisotopic (exact) mass is 327 g/mol. The molecule has 1 N–H and O–H groups in total. The van der Waals surface area contributed by atoms with Gasteiger partial charge in [-0.05, 0) is 38.3 Å². The molecule has 2 aromatic rings. The highest BCUT2D eigenvalue weighted by Gasteiger charge is 2.30. The fraction of sp³-hybridized carbons (Fsp3) is 0.300. The minimum Gasteiger partial charge on any atom is -0.242 e. The zero-order valence-electron chi connectivity index (χ0n) is 14.1. The van der Waals surface area contributed by atoms with Crippen LogP contribution in [0.1, 0.15) is 43.0 Å². The third kappa shape index (κ3) is 4.40. The fourth-order valence-corrected chi connectivity index (χ4v) is 3.58. The van der Waals surface area contributed by atoms with Crippen LogP contribution in [0.15, 0.2) is 67.3 Å². The van der Waals surface area contributed by atoms with Crippen molar-refractivity contribution in [2.24, 2.45) is 0 Å². The minimum atomic E-state index is -1.22. The van der Waals surface area contributed by atoms with Crippen LogP contribution in [0.25, 0.3) is 0 Å². The summed E-state index contributed by atoms with van der Waals surface area (Å²) < 4.78 is 15.8. The van der Waals surface area contributed by atoms with E-state index in [0.29, 0.717) is 0 Å². The molecule has 23 heavy (non-hydrogen) atoms. The van der Waals surface area contributed by atoms with E-state index in [1.54, 1.807) is 0 Å². The molecule has 0 radical (unpaired) electrons. The first-order chi connectivity index (χ1) is 10.9. The molecule has 0 saturated heterocycles. The SMILES string of the molecule is C=CCC(NS(=O)C(C)(C)c1ccccc1)c1ccc(C)cc1. The second-order valence-electron chi connectivity index (χ2n) is 6.25. The van der Waals surface area contributed by atoms with Crippen molar-refractivity contribution in [3.8, 4) is 0 Å². The van der Waals surface area contributed by atoms with Gasteiger partial charge in [0.1, 0.15) is 11.0 Å². The Labute approximate surface area is 142 Å². The van der Waals surface area contributed by atoms with E-state index in [4.69, 9.17) is 0 Å². The van der Waals surface area contributed by atoms with Crippen molar-refractivity contribution >= 4 is 11.0 Å². The van der Waals surface area contributed by atoms with Crippen molar-refractivity contribution in [2.75, 3.05) is 0 Å². The molecule has 0 amide bonds. The maximum Gasteiger partial charge on any atom is 0.102 e. The molecular formula is C20H25NOS. The number of rotatable bonds is 7. The van der Waals surface area contributed by atoms with Crippen LogP contribution < -0.4 is 4.72 Å². The number of hydrogen-bond donors (Lipinski definition) is 1. The van der Waals surface area contributed by atoms with Crippen LogP contribution in [0.4, 0.5) is 0 Å². The Morgan fingerprint density at radius 3 is 2.30 bits per heavy atom. The largest absolute Gasteiger partial charge is 0.242 e. The van der Waals surface area contributed by atoms with Crippen molar-refractivity contribution in [1.29, 1.82) is 0 Å². The summed E-state index contributed by atoms with van der Waals surface area (Å²) in [5.41, 5.74) is 3.41. The van der Waals surface area contributed by atoms with Gasteiger partial charge >= 0.3 is 0 Å². The first kappa shape index (κ1) is 17.6. The summed E-state index contributed by atoms with van der Waals surface area (Å²) in [7, 11) is -1.22. The van der Waals surface area contributed by atoms with Crippen molar-refractivity contribution in [3.05, 3.63) is 83.9 Å². The number of hydrogen-bond acceptors (Lipinski definition) is 1. The van der Waals surface area contributed by atoms with Gasteiger partial charge in [0.25, 0.3) is 0 Å². The Morgan fingerprint density at radius 2 is 1.74 bits per heavy atom. The van der Waals surface area contributed by atoms with Crippen molar-refractivity contribution < 1.29 is 4.21 Å². The van der Waals surface area contributed by atoms with Gasteiger partial charge in [-0.3, -0.25) is 0 Å². The van der Waals surface area contributed by atoms with E-state index in [0.717, 1.165) is 17.5 Å². The molecule has 3 heteroatoms. The molecule has 0 aliphatic heterocycles. The summed E-state index contributed by atoms with van der Waals surface area (Å²) in [6.45, 7) is 9.91. The van der Waals surface area contributed by atoms with E-state index in [9.17, 15) is 4.21 Å². The van der Waals surface area contributed by atoms with Crippen LogP contribution in [-0.4, -0.2) is 4.21 Å². The highest BCUT2D eigenvalue weighted by molar-refractivity contribution is 7.84. The van der Waals surface area contributed by atoms with Crippen molar-refractivity contribution in [2.45, 2.75) is 38.0 Å². The summed E-state index contributed by atoms with van der Waals surface area (Å²) in [5.74, 6) is 0. The second-order valence-corrected chi connectivity index (χ2v) is 8.04. The van der Waals surface area contributed by atoms with E-state index >= 15 is 0 Å². The molecule has 122 valence electrons. The van der Waals surface area contributed by atoms with Crippen LogP contribution in [0.2, 0.25) is 0 Å². The van der Waals surface area contributed by atoms with Gasteiger partial charge in [-0.1, -0.05) is 66.2 Å². The summed E-state index contributed by atoms with van der Waals surface area (Å²) >= 11 is 0. The molecular weight excluding hydrogens is 302 g/mol. The Hall–Kier alpha value is -1.71. The van der Waals surface area contributed by atoms with Crippen molar-refractivity contribution in [3.63, 3.8) is 0 Å². The maximum absolute atomic E-state index is 13.0. The molecule has 2 aromatic carbocycles.